The van der Waals surface area contributed by atoms with E-state index in [1.165, 1.54) is 7.11 Å². The van der Waals surface area contributed by atoms with Gasteiger partial charge in [-0.1, -0.05) is 17.7 Å². The van der Waals surface area contributed by atoms with Crippen molar-refractivity contribution in [1.82, 2.24) is 9.97 Å². The van der Waals surface area contributed by atoms with E-state index >= 15 is 0 Å². The molecule has 0 saturated heterocycles. The van der Waals surface area contributed by atoms with Crippen LogP contribution in [0.3, 0.4) is 0 Å². The molecular formula is C18H15ClN2O3. The van der Waals surface area contributed by atoms with Gasteiger partial charge in [0.15, 0.2) is 0 Å². The lowest BCUT2D eigenvalue weighted by Gasteiger charge is -2.04. The number of ketones is 1. The van der Waals surface area contributed by atoms with E-state index < -0.39 is 5.97 Å². The van der Waals surface area contributed by atoms with E-state index in [2.05, 4.69) is 9.97 Å². The van der Waals surface area contributed by atoms with Gasteiger partial charge in [0.2, 0.25) is 5.78 Å². The van der Waals surface area contributed by atoms with E-state index in [1.807, 2.05) is 13.0 Å². The third-order valence-electron chi connectivity index (χ3n) is 3.79. The number of nitrogens with zero attached hydrogens (tertiary/aromatic N) is 1. The van der Waals surface area contributed by atoms with Gasteiger partial charge in [0, 0.05) is 27.7 Å². The topological polar surface area (TPSA) is 72.1 Å². The monoisotopic (exact) mass is 342 g/mol. The van der Waals surface area contributed by atoms with Crippen molar-refractivity contribution < 1.29 is 14.3 Å². The fourth-order valence-electron chi connectivity index (χ4n) is 2.61. The van der Waals surface area contributed by atoms with Crippen molar-refractivity contribution in [3.63, 3.8) is 0 Å². The van der Waals surface area contributed by atoms with E-state index in [1.54, 1.807) is 30.5 Å². The van der Waals surface area contributed by atoms with Crippen LogP contribution in [0.1, 0.15) is 27.3 Å². The van der Waals surface area contributed by atoms with Crippen molar-refractivity contribution in [3.05, 3.63) is 64.1 Å². The number of benzene rings is 1. The van der Waals surface area contributed by atoms with Crippen LogP contribution in [-0.2, 0) is 16.0 Å². The van der Waals surface area contributed by atoms with Crippen molar-refractivity contribution in [2.45, 2.75) is 13.3 Å². The van der Waals surface area contributed by atoms with Gasteiger partial charge < -0.3 is 9.72 Å². The molecule has 0 radical (unpaired) electrons. The van der Waals surface area contributed by atoms with Gasteiger partial charge in [-0.15, -0.1) is 0 Å². The average Bonchev–Trinajstić information content (AvgIpc) is 2.91. The first-order valence-electron chi connectivity index (χ1n) is 7.34. The Labute approximate surface area is 143 Å². The number of pyridine rings is 1. The maximum atomic E-state index is 12.9. The number of hydrogen-bond acceptors (Lipinski definition) is 4. The highest BCUT2D eigenvalue weighted by molar-refractivity contribution is 6.31. The highest BCUT2D eigenvalue weighted by atomic mass is 35.5. The summed E-state index contributed by atoms with van der Waals surface area (Å²) in [6.45, 7) is 1.89. The SMILES string of the molecule is COC(=O)Cc1c(C(=O)c2cc(C)ccn2)[nH]c2cc(Cl)ccc12. The van der Waals surface area contributed by atoms with Gasteiger partial charge in [0.25, 0.3) is 0 Å². The Morgan fingerprint density at radius 1 is 1.25 bits per heavy atom. The van der Waals surface area contributed by atoms with Crippen LogP contribution in [0.5, 0.6) is 0 Å². The fraction of sp³-hybridized carbons (Fsp3) is 0.167. The molecule has 122 valence electrons. The Morgan fingerprint density at radius 3 is 2.75 bits per heavy atom. The highest BCUT2D eigenvalue weighted by Crippen LogP contribution is 2.27. The number of hydrogen-bond donors (Lipinski definition) is 1. The standard InChI is InChI=1S/C18H15ClN2O3/c1-10-5-6-20-15(7-10)18(23)17-13(9-16(22)24-2)12-4-3-11(19)8-14(12)21-17/h3-8,21H,9H2,1-2H3. The number of nitrogens with one attached hydrogen (secondary N) is 1. The summed E-state index contributed by atoms with van der Waals surface area (Å²) in [6, 6.07) is 8.75. The number of carbonyl (C=O) groups excluding carboxylic acids is 2. The zero-order valence-electron chi connectivity index (χ0n) is 13.2. The van der Waals surface area contributed by atoms with E-state index in [4.69, 9.17) is 16.3 Å². The van der Waals surface area contributed by atoms with Gasteiger partial charge in [-0.2, -0.15) is 0 Å². The van der Waals surface area contributed by atoms with Gasteiger partial charge in [0.05, 0.1) is 19.2 Å². The third-order valence-corrected chi connectivity index (χ3v) is 4.03. The summed E-state index contributed by atoms with van der Waals surface area (Å²) >= 11 is 6.02. The lowest BCUT2D eigenvalue weighted by molar-refractivity contribution is -0.139. The lowest BCUT2D eigenvalue weighted by atomic mass is 10.0. The molecule has 0 amide bonds. The zero-order chi connectivity index (χ0) is 17.3. The molecule has 0 bridgehead atoms. The molecule has 0 unspecified atom stereocenters. The quantitative estimate of drug-likeness (QED) is 0.582. The maximum absolute atomic E-state index is 12.9. The molecule has 0 saturated carbocycles. The second kappa shape index (κ2) is 6.45. The van der Waals surface area contributed by atoms with Crippen LogP contribution in [0.4, 0.5) is 0 Å². The number of aromatic amines is 1. The summed E-state index contributed by atoms with van der Waals surface area (Å²) in [7, 11) is 1.32. The molecule has 3 aromatic rings. The molecule has 0 aliphatic carbocycles. The molecule has 3 rings (SSSR count). The normalized spacial score (nSPS) is 10.8. The predicted octanol–water partition coefficient (Wildman–Crippen LogP) is 3.47. The van der Waals surface area contributed by atoms with E-state index in [-0.39, 0.29) is 12.2 Å². The molecule has 0 aliphatic heterocycles. The Bertz CT molecular complexity index is 947. The van der Waals surface area contributed by atoms with Crippen molar-refractivity contribution in [2.24, 2.45) is 0 Å². The second-order valence-corrected chi connectivity index (χ2v) is 5.91. The smallest absolute Gasteiger partial charge is 0.310 e. The van der Waals surface area contributed by atoms with Crippen LogP contribution in [0.25, 0.3) is 10.9 Å². The molecule has 6 heteroatoms. The minimum absolute atomic E-state index is 0.00891. The van der Waals surface area contributed by atoms with Gasteiger partial charge in [-0.3, -0.25) is 14.6 Å². The van der Waals surface area contributed by atoms with Crippen LogP contribution < -0.4 is 0 Å². The Balaban J connectivity index is 2.16. The summed E-state index contributed by atoms with van der Waals surface area (Å²) in [6.07, 6.45) is 1.58. The summed E-state index contributed by atoms with van der Waals surface area (Å²) in [5, 5.41) is 1.31. The number of aryl methyl sites for hydroxylation is 1. The minimum Gasteiger partial charge on any atom is -0.469 e. The number of aromatic nitrogens is 2. The summed E-state index contributed by atoms with van der Waals surface area (Å²) < 4.78 is 4.75. The van der Waals surface area contributed by atoms with Crippen molar-refractivity contribution in [3.8, 4) is 0 Å². The second-order valence-electron chi connectivity index (χ2n) is 5.47. The summed E-state index contributed by atoms with van der Waals surface area (Å²) in [4.78, 5) is 31.8. The predicted molar refractivity (Wildman–Crippen MR) is 91.4 cm³/mol. The van der Waals surface area contributed by atoms with Crippen LogP contribution in [0.15, 0.2) is 36.5 Å². The van der Waals surface area contributed by atoms with Gasteiger partial charge in [-0.05, 0) is 36.8 Å². The number of H-pyrrole nitrogens is 1. The zero-order valence-corrected chi connectivity index (χ0v) is 14.0. The number of halogens is 1. The first-order valence-corrected chi connectivity index (χ1v) is 7.71. The van der Waals surface area contributed by atoms with Crippen LogP contribution in [0.2, 0.25) is 5.02 Å². The fourth-order valence-corrected chi connectivity index (χ4v) is 2.78. The molecule has 2 heterocycles. The molecular weight excluding hydrogens is 328 g/mol. The number of ether oxygens (including phenoxy) is 1. The highest BCUT2D eigenvalue weighted by Gasteiger charge is 2.22. The van der Waals surface area contributed by atoms with Gasteiger partial charge >= 0.3 is 5.97 Å². The van der Waals surface area contributed by atoms with E-state index in [0.717, 1.165) is 10.9 Å². The summed E-state index contributed by atoms with van der Waals surface area (Å²) in [5.74, 6) is -0.693. The first-order chi connectivity index (χ1) is 11.5. The molecule has 0 spiro atoms. The largest absolute Gasteiger partial charge is 0.469 e. The Morgan fingerprint density at radius 2 is 2.04 bits per heavy atom. The van der Waals surface area contributed by atoms with Crippen molar-refractivity contribution in [1.29, 1.82) is 0 Å². The maximum Gasteiger partial charge on any atom is 0.310 e. The molecule has 0 aliphatic rings. The Kier molecular flexibility index (Phi) is 4.36. The number of fused-ring (bicyclic) bond motifs is 1. The van der Waals surface area contributed by atoms with Crippen LogP contribution >= 0.6 is 11.6 Å². The first kappa shape index (κ1) is 16.2. The third kappa shape index (κ3) is 3.03. The van der Waals surface area contributed by atoms with E-state index in [0.29, 0.717) is 27.5 Å². The van der Waals surface area contributed by atoms with Crippen LogP contribution in [-0.4, -0.2) is 28.8 Å². The molecule has 2 aromatic heterocycles. The van der Waals surface area contributed by atoms with Crippen molar-refractivity contribution >= 4 is 34.3 Å². The molecule has 0 fully saturated rings. The number of esters is 1. The number of rotatable bonds is 4. The molecule has 1 aromatic carbocycles. The number of methoxy groups -OCH3 is 1. The average molecular weight is 343 g/mol. The van der Waals surface area contributed by atoms with Crippen LogP contribution in [0, 0.1) is 6.92 Å². The summed E-state index contributed by atoms with van der Waals surface area (Å²) in [5.41, 5.74) is 2.86. The van der Waals surface area contributed by atoms with E-state index in [9.17, 15) is 9.59 Å². The molecule has 0 atom stereocenters. The molecule has 1 N–H and O–H groups in total. The lowest BCUT2D eigenvalue weighted by Crippen LogP contribution is -2.11. The minimum atomic E-state index is -0.419. The van der Waals surface area contributed by atoms with Gasteiger partial charge in [-0.25, -0.2) is 0 Å². The Hall–Kier alpha value is -2.66. The molecule has 24 heavy (non-hydrogen) atoms. The number of carbonyl (C=O) groups is 2. The van der Waals surface area contributed by atoms with Crippen molar-refractivity contribution in [2.75, 3.05) is 7.11 Å². The van der Waals surface area contributed by atoms with Gasteiger partial charge in [0.1, 0.15) is 5.69 Å². The molecule has 5 nitrogen and oxygen atoms in total.